The van der Waals surface area contributed by atoms with Crippen LogP contribution in [0.25, 0.3) is 16.9 Å². The van der Waals surface area contributed by atoms with Crippen molar-refractivity contribution in [2.75, 3.05) is 13.1 Å². The van der Waals surface area contributed by atoms with Gasteiger partial charge >= 0.3 is 0 Å². The third-order valence-electron chi connectivity index (χ3n) is 6.27. The predicted molar refractivity (Wildman–Crippen MR) is 150 cm³/mol. The van der Waals surface area contributed by atoms with Crippen LogP contribution < -0.4 is 10.2 Å². The van der Waals surface area contributed by atoms with E-state index in [0.717, 1.165) is 52.1 Å². The second-order valence-electron chi connectivity index (χ2n) is 9.17. The highest BCUT2D eigenvalue weighted by Crippen LogP contribution is 2.48. The van der Waals surface area contributed by atoms with E-state index in [1.54, 1.807) is 16.8 Å². The predicted octanol–water partition coefficient (Wildman–Crippen LogP) is 7.02. The molecule has 1 aromatic heterocycles. The van der Waals surface area contributed by atoms with Crippen LogP contribution in [-0.2, 0) is 5.60 Å². The molecule has 0 saturated carbocycles. The number of halogens is 4. The van der Waals surface area contributed by atoms with Crippen molar-refractivity contribution >= 4 is 64.1 Å². The Morgan fingerprint density at radius 3 is 2.49 bits per heavy atom. The van der Waals surface area contributed by atoms with Gasteiger partial charge in [0.15, 0.2) is 5.69 Å². The minimum absolute atomic E-state index is 0. The molecule has 1 fully saturated rings. The molecule has 5 rings (SSSR count). The fourth-order valence-electron chi connectivity index (χ4n) is 4.70. The van der Waals surface area contributed by atoms with Crippen LogP contribution >= 0.6 is 58.2 Å². The van der Waals surface area contributed by atoms with E-state index in [4.69, 9.17) is 33.0 Å². The summed E-state index contributed by atoms with van der Waals surface area (Å²) in [6.45, 7) is 5.59. The fourth-order valence-corrected chi connectivity index (χ4v) is 5.66. The summed E-state index contributed by atoms with van der Waals surface area (Å²) in [5.41, 5.74) is 5.69. The first-order valence-electron chi connectivity index (χ1n) is 11.4. The van der Waals surface area contributed by atoms with Crippen LogP contribution in [0.15, 0.2) is 36.4 Å². The Hall–Kier alpha value is -1.52. The molecule has 0 atom stereocenters. The average molecular weight is 648 g/mol. The zero-order valence-corrected chi connectivity index (χ0v) is 23.9. The SMILES string of the molecule is CC1(C)Oc2cc(I)ccc2-c2c1c(C(=O)NN1CCCCCC1)nn2-c1ccc(Cl)cc1Cl.Cl. The molecule has 1 amide bonds. The lowest BCUT2D eigenvalue weighted by Crippen LogP contribution is -2.44. The number of aromatic nitrogens is 2. The lowest BCUT2D eigenvalue weighted by Gasteiger charge is -2.34. The van der Waals surface area contributed by atoms with Crippen LogP contribution in [0.5, 0.6) is 5.75 Å². The molecule has 3 heterocycles. The van der Waals surface area contributed by atoms with Gasteiger partial charge in [0.2, 0.25) is 0 Å². The molecule has 2 aliphatic heterocycles. The molecule has 1 saturated heterocycles. The monoisotopic (exact) mass is 646 g/mol. The van der Waals surface area contributed by atoms with E-state index in [0.29, 0.717) is 21.4 Å². The number of hydrazine groups is 1. The summed E-state index contributed by atoms with van der Waals surface area (Å²) in [5, 5.41) is 7.82. The van der Waals surface area contributed by atoms with Gasteiger partial charge in [-0.15, -0.1) is 12.4 Å². The maximum Gasteiger partial charge on any atom is 0.286 e. The molecule has 10 heteroatoms. The van der Waals surface area contributed by atoms with Crippen molar-refractivity contribution in [1.82, 2.24) is 20.2 Å². The number of carbonyl (C=O) groups excluding carboxylic acids is 1. The van der Waals surface area contributed by atoms with Crippen molar-refractivity contribution in [3.8, 4) is 22.7 Å². The molecule has 0 aliphatic carbocycles. The van der Waals surface area contributed by atoms with Gasteiger partial charge in [-0.1, -0.05) is 36.0 Å². The van der Waals surface area contributed by atoms with Crippen LogP contribution in [-0.4, -0.2) is 33.8 Å². The van der Waals surface area contributed by atoms with Gasteiger partial charge < -0.3 is 4.74 Å². The molecule has 1 N–H and O–H groups in total. The minimum Gasteiger partial charge on any atom is -0.482 e. The van der Waals surface area contributed by atoms with Gasteiger partial charge in [-0.3, -0.25) is 10.2 Å². The maximum absolute atomic E-state index is 13.6. The molecule has 6 nitrogen and oxygen atoms in total. The highest BCUT2D eigenvalue weighted by molar-refractivity contribution is 14.1. The number of hydrogen-bond donors (Lipinski definition) is 1. The zero-order chi connectivity index (χ0) is 24.0. The summed E-state index contributed by atoms with van der Waals surface area (Å²) in [6, 6.07) is 11.3. The van der Waals surface area contributed by atoms with E-state index in [1.807, 2.05) is 43.1 Å². The summed E-state index contributed by atoms with van der Waals surface area (Å²) in [5.74, 6) is 0.503. The van der Waals surface area contributed by atoms with Gasteiger partial charge in [0, 0.05) is 27.2 Å². The molecule has 0 spiro atoms. The minimum atomic E-state index is -0.782. The standard InChI is InChI=1S/C25H25Cl2IN4O2.ClH/c1-25(2)21-22(24(33)30-31-11-5-3-4-6-12-31)29-32(19-10-7-15(26)13-18(19)27)23(21)17-9-8-16(28)14-20(17)34-25;/h7-10,13-14H,3-6,11-12H2,1-2H3,(H,30,33);1H. The number of amides is 1. The van der Waals surface area contributed by atoms with E-state index in [9.17, 15) is 4.79 Å². The average Bonchev–Trinajstić information content (AvgIpc) is 2.99. The Morgan fingerprint density at radius 1 is 1.09 bits per heavy atom. The first kappa shape index (κ1) is 26.5. The van der Waals surface area contributed by atoms with Crippen LogP contribution in [0.3, 0.4) is 0 Å². The third-order valence-corrected chi connectivity index (χ3v) is 7.48. The second-order valence-corrected chi connectivity index (χ2v) is 11.3. The molecule has 3 aromatic rings. The molecular weight excluding hydrogens is 622 g/mol. The Labute approximate surface area is 234 Å². The van der Waals surface area contributed by atoms with Gasteiger partial charge in [-0.25, -0.2) is 9.69 Å². The van der Waals surface area contributed by atoms with Crippen molar-refractivity contribution < 1.29 is 9.53 Å². The number of hydrogen-bond acceptors (Lipinski definition) is 4. The number of carbonyl (C=O) groups is 1. The smallest absolute Gasteiger partial charge is 0.286 e. The number of ether oxygens (including phenoxy) is 1. The van der Waals surface area contributed by atoms with E-state index in [1.165, 1.54) is 12.8 Å². The summed E-state index contributed by atoms with van der Waals surface area (Å²) in [4.78, 5) is 13.6. The van der Waals surface area contributed by atoms with Crippen molar-refractivity contribution in [1.29, 1.82) is 0 Å². The van der Waals surface area contributed by atoms with Gasteiger partial charge in [0.1, 0.15) is 11.4 Å². The molecule has 0 unspecified atom stereocenters. The highest BCUT2D eigenvalue weighted by Gasteiger charge is 2.41. The lowest BCUT2D eigenvalue weighted by atomic mass is 9.89. The fraction of sp³-hybridized carbons (Fsp3) is 0.360. The van der Waals surface area contributed by atoms with Gasteiger partial charge in [0.25, 0.3) is 5.91 Å². The van der Waals surface area contributed by atoms with Crippen molar-refractivity contribution in [2.24, 2.45) is 0 Å². The second kappa shape index (κ2) is 10.5. The number of nitrogens with zero attached hydrogens (tertiary/aromatic N) is 3. The van der Waals surface area contributed by atoms with Crippen molar-refractivity contribution in [3.05, 3.63) is 61.3 Å². The summed E-state index contributed by atoms with van der Waals surface area (Å²) < 4.78 is 9.23. The third kappa shape index (κ3) is 5.16. The number of nitrogens with one attached hydrogen (secondary N) is 1. The van der Waals surface area contributed by atoms with Crippen LogP contribution in [0.1, 0.15) is 55.6 Å². The lowest BCUT2D eigenvalue weighted by molar-refractivity contribution is 0.0760. The van der Waals surface area contributed by atoms with Crippen molar-refractivity contribution in [2.45, 2.75) is 45.1 Å². The normalized spacial score (nSPS) is 16.8. The van der Waals surface area contributed by atoms with Crippen LogP contribution in [0.2, 0.25) is 10.0 Å². The maximum atomic E-state index is 13.6. The van der Waals surface area contributed by atoms with Gasteiger partial charge in [-0.05, 0) is 85.7 Å². The van der Waals surface area contributed by atoms with E-state index in [2.05, 4.69) is 28.0 Å². The topological polar surface area (TPSA) is 59.4 Å². The number of rotatable bonds is 3. The Kier molecular flexibility index (Phi) is 7.93. The summed E-state index contributed by atoms with van der Waals surface area (Å²) in [7, 11) is 0. The summed E-state index contributed by atoms with van der Waals surface area (Å²) in [6.07, 6.45) is 4.49. The zero-order valence-electron chi connectivity index (χ0n) is 19.4. The molecule has 2 aromatic carbocycles. The summed E-state index contributed by atoms with van der Waals surface area (Å²) >= 11 is 15.0. The number of benzene rings is 2. The van der Waals surface area contributed by atoms with E-state index >= 15 is 0 Å². The first-order valence-corrected chi connectivity index (χ1v) is 13.2. The molecule has 2 aliphatic rings. The molecule has 0 bridgehead atoms. The quantitative estimate of drug-likeness (QED) is 0.311. The Morgan fingerprint density at radius 2 is 1.80 bits per heavy atom. The van der Waals surface area contributed by atoms with Crippen molar-refractivity contribution in [3.63, 3.8) is 0 Å². The molecule has 35 heavy (non-hydrogen) atoms. The molecule has 186 valence electrons. The highest BCUT2D eigenvalue weighted by atomic mass is 127. The molecule has 0 radical (unpaired) electrons. The number of fused-ring (bicyclic) bond motifs is 3. The first-order chi connectivity index (χ1) is 16.2. The largest absolute Gasteiger partial charge is 0.482 e. The molecular formula is C25H26Cl3IN4O2. The van der Waals surface area contributed by atoms with Gasteiger partial charge in [-0.2, -0.15) is 5.10 Å². The van der Waals surface area contributed by atoms with E-state index < -0.39 is 5.60 Å². The Balaban J connectivity index is 0.00000289. The van der Waals surface area contributed by atoms with Gasteiger partial charge in [0.05, 0.1) is 22.0 Å². The van der Waals surface area contributed by atoms with Crippen LogP contribution in [0.4, 0.5) is 0 Å². The Bertz CT molecular complexity index is 1270. The van der Waals surface area contributed by atoms with E-state index in [-0.39, 0.29) is 18.3 Å². The van der Waals surface area contributed by atoms with Crippen LogP contribution in [0, 0.1) is 3.57 Å².